The average molecular weight is 371 g/mol. The second-order valence-electron chi connectivity index (χ2n) is 5.97. The zero-order chi connectivity index (χ0) is 18.5. The fourth-order valence-electron chi connectivity index (χ4n) is 2.38. The van der Waals surface area contributed by atoms with Crippen LogP contribution in [0.3, 0.4) is 0 Å². The van der Waals surface area contributed by atoms with E-state index in [1.54, 1.807) is 0 Å². The SMILES string of the molecule is CC[C@@H](Oc1ccc(C)c(C)c1)C(=O)NCc1nc(-c2cccs2)no1. The summed E-state index contributed by atoms with van der Waals surface area (Å²) in [6.07, 6.45) is -0.0138. The van der Waals surface area contributed by atoms with Crippen LogP contribution in [0, 0.1) is 13.8 Å². The molecule has 3 rings (SSSR count). The lowest BCUT2D eigenvalue weighted by Crippen LogP contribution is -2.37. The lowest BCUT2D eigenvalue weighted by Gasteiger charge is -2.17. The highest BCUT2D eigenvalue weighted by Gasteiger charge is 2.19. The number of aryl methyl sites for hydroxylation is 2. The molecule has 0 bridgehead atoms. The summed E-state index contributed by atoms with van der Waals surface area (Å²) < 4.78 is 11.0. The smallest absolute Gasteiger partial charge is 0.261 e. The van der Waals surface area contributed by atoms with Gasteiger partial charge in [-0.15, -0.1) is 11.3 Å². The zero-order valence-corrected chi connectivity index (χ0v) is 15.8. The van der Waals surface area contributed by atoms with Crippen molar-refractivity contribution in [2.45, 2.75) is 39.8 Å². The molecular weight excluding hydrogens is 350 g/mol. The molecule has 6 nitrogen and oxygen atoms in total. The third kappa shape index (κ3) is 4.29. The molecule has 26 heavy (non-hydrogen) atoms. The van der Waals surface area contributed by atoms with Crippen molar-refractivity contribution >= 4 is 17.2 Å². The average Bonchev–Trinajstić information content (AvgIpc) is 3.31. The number of carbonyl (C=O) groups excluding carboxylic acids is 1. The van der Waals surface area contributed by atoms with Crippen molar-refractivity contribution in [3.05, 3.63) is 52.7 Å². The summed E-state index contributed by atoms with van der Waals surface area (Å²) in [7, 11) is 0. The Hall–Kier alpha value is -2.67. The number of hydrogen-bond donors (Lipinski definition) is 1. The van der Waals surface area contributed by atoms with Crippen LogP contribution < -0.4 is 10.1 Å². The van der Waals surface area contributed by atoms with Gasteiger partial charge in [0.1, 0.15) is 5.75 Å². The van der Waals surface area contributed by atoms with Crippen molar-refractivity contribution < 1.29 is 14.1 Å². The van der Waals surface area contributed by atoms with E-state index in [0.29, 0.717) is 23.9 Å². The Morgan fingerprint density at radius 3 is 2.85 bits per heavy atom. The summed E-state index contributed by atoms with van der Waals surface area (Å²) in [6, 6.07) is 9.65. The number of carbonyl (C=O) groups is 1. The maximum atomic E-state index is 12.4. The number of benzene rings is 1. The van der Waals surface area contributed by atoms with Gasteiger partial charge in [0.15, 0.2) is 6.10 Å². The fourth-order valence-corrected chi connectivity index (χ4v) is 3.03. The van der Waals surface area contributed by atoms with Gasteiger partial charge in [-0.05, 0) is 55.0 Å². The molecule has 0 spiro atoms. The predicted molar refractivity (Wildman–Crippen MR) is 100 cm³/mol. The highest BCUT2D eigenvalue weighted by atomic mass is 32.1. The van der Waals surface area contributed by atoms with E-state index in [2.05, 4.69) is 15.5 Å². The maximum Gasteiger partial charge on any atom is 0.261 e. The highest BCUT2D eigenvalue weighted by molar-refractivity contribution is 7.13. The molecule has 0 aliphatic heterocycles. The molecule has 1 N–H and O–H groups in total. The molecule has 136 valence electrons. The first kappa shape index (κ1) is 18.1. The van der Waals surface area contributed by atoms with E-state index in [4.69, 9.17) is 9.26 Å². The quantitative estimate of drug-likeness (QED) is 0.682. The van der Waals surface area contributed by atoms with Crippen LogP contribution in [0.15, 0.2) is 40.2 Å². The van der Waals surface area contributed by atoms with Gasteiger partial charge in [-0.3, -0.25) is 4.79 Å². The maximum absolute atomic E-state index is 12.4. The standard InChI is InChI=1S/C19H21N3O3S/c1-4-15(24-14-8-7-12(2)13(3)10-14)19(23)20-11-17-21-18(22-25-17)16-6-5-9-26-16/h5-10,15H,4,11H2,1-3H3,(H,20,23)/t15-/m1/s1. The Morgan fingerprint density at radius 2 is 2.15 bits per heavy atom. The van der Waals surface area contributed by atoms with Gasteiger partial charge in [0.05, 0.1) is 11.4 Å². The topological polar surface area (TPSA) is 77.2 Å². The molecule has 0 fully saturated rings. The van der Waals surface area contributed by atoms with Gasteiger partial charge in [0, 0.05) is 0 Å². The molecule has 0 unspecified atom stereocenters. The summed E-state index contributed by atoms with van der Waals surface area (Å²) >= 11 is 1.53. The molecule has 1 atom stereocenters. The summed E-state index contributed by atoms with van der Waals surface area (Å²) in [5, 5.41) is 8.67. The van der Waals surface area contributed by atoms with Crippen LogP contribution in [0.5, 0.6) is 5.75 Å². The zero-order valence-electron chi connectivity index (χ0n) is 15.0. The fraction of sp³-hybridized carbons (Fsp3) is 0.316. The third-order valence-electron chi connectivity index (χ3n) is 4.04. The highest BCUT2D eigenvalue weighted by Crippen LogP contribution is 2.21. The Bertz CT molecular complexity index is 874. The minimum Gasteiger partial charge on any atom is -0.481 e. The van der Waals surface area contributed by atoms with Crippen molar-refractivity contribution in [3.63, 3.8) is 0 Å². The van der Waals surface area contributed by atoms with Gasteiger partial charge in [-0.1, -0.05) is 24.2 Å². The molecule has 7 heteroatoms. The van der Waals surface area contributed by atoms with E-state index < -0.39 is 6.10 Å². The normalized spacial score (nSPS) is 12.0. The number of amides is 1. The Balaban J connectivity index is 1.58. The van der Waals surface area contributed by atoms with E-state index >= 15 is 0 Å². The monoisotopic (exact) mass is 371 g/mol. The van der Waals surface area contributed by atoms with Gasteiger partial charge < -0.3 is 14.6 Å². The molecular formula is C19H21N3O3S. The molecule has 0 saturated heterocycles. The summed E-state index contributed by atoms with van der Waals surface area (Å²) in [5.74, 6) is 1.37. The van der Waals surface area contributed by atoms with Crippen LogP contribution in [0.2, 0.25) is 0 Å². The van der Waals surface area contributed by atoms with Crippen molar-refractivity contribution in [3.8, 4) is 16.5 Å². The molecule has 2 heterocycles. The molecule has 2 aromatic heterocycles. The number of aromatic nitrogens is 2. The lowest BCUT2D eigenvalue weighted by atomic mass is 10.1. The number of nitrogens with one attached hydrogen (secondary N) is 1. The predicted octanol–water partition coefficient (Wildman–Crippen LogP) is 3.89. The van der Waals surface area contributed by atoms with Crippen LogP contribution in [0.1, 0.15) is 30.4 Å². The van der Waals surface area contributed by atoms with Crippen LogP contribution in [-0.2, 0) is 11.3 Å². The second kappa shape index (κ2) is 8.14. The van der Waals surface area contributed by atoms with Gasteiger partial charge >= 0.3 is 0 Å². The first-order valence-electron chi connectivity index (χ1n) is 8.45. The Morgan fingerprint density at radius 1 is 1.31 bits per heavy atom. The van der Waals surface area contributed by atoms with Crippen molar-refractivity contribution in [2.24, 2.45) is 0 Å². The van der Waals surface area contributed by atoms with Crippen LogP contribution in [0.25, 0.3) is 10.7 Å². The number of rotatable bonds is 7. The molecule has 1 aromatic carbocycles. The van der Waals surface area contributed by atoms with Gasteiger partial charge in [-0.25, -0.2) is 0 Å². The summed E-state index contributed by atoms with van der Waals surface area (Å²) in [4.78, 5) is 17.6. The van der Waals surface area contributed by atoms with Gasteiger partial charge in [-0.2, -0.15) is 4.98 Å². The molecule has 0 aliphatic carbocycles. The number of thiophene rings is 1. The molecule has 1 amide bonds. The van der Waals surface area contributed by atoms with Crippen molar-refractivity contribution in [2.75, 3.05) is 0 Å². The molecule has 0 radical (unpaired) electrons. The van der Waals surface area contributed by atoms with E-state index in [1.165, 1.54) is 16.9 Å². The van der Waals surface area contributed by atoms with Crippen LogP contribution in [0.4, 0.5) is 0 Å². The van der Waals surface area contributed by atoms with Gasteiger partial charge in [0.25, 0.3) is 5.91 Å². The first-order valence-corrected chi connectivity index (χ1v) is 9.33. The van der Waals surface area contributed by atoms with Crippen LogP contribution in [-0.4, -0.2) is 22.2 Å². The molecule has 0 aliphatic rings. The minimum absolute atomic E-state index is 0.171. The molecule has 0 saturated carbocycles. The number of hydrogen-bond acceptors (Lipinski definition) is 6. The Labute approximate surface area is 156 Å². The minimum atomic E-state index is -0.572. The lowest BCUT2D eigenvalue weighted by molar-refractivity contribution is -0.128. The van der Waals surface area contributed by atoms with Crippen molar-refractivity contribution in [1.82, 2.24) is 15.5 Å². The van der Waals surface area contributed by atoms with E-state index in [0.717, 1.165) is 10.4 Å². The summed E-state index contributed by atoms with van der Waals surface area (Å²) in [5.41, 5.74) is 2.32. The Kier molecular flexibility index (Phi) is 5.68. The van der Waals surface area contributed by atoms with Crippen molar-refractivity contribution in [1.29, 1.82) is 0 Å². The number of ether oxygens (including phenoxy) is 1. The largest absolute Gasteiger partial charge is 0.481 e. The van der Waals surface area contributed by atoms with Crippen LogP contribution >= 0.6 is 11.3 Å². The third-order valence-corrected chi connectivity index (χ3v) is 4.91. The number of nitrogens with zero attached hydrogens (tertiary/aromatic N) is 2. The van der Waals surface area contributed by atoms with E-state index in [9.17, 15) is 4.79 Å². The summed E-state index contributed by atoms with van der Waals surface area (Å²) in [6.45, 7) is 6.14. The van der Waals surface area contributed by atoms with E-state index in [-0.39, 0.29) is 12.5 Å². The molecule has 3 aromatic rings. The second-order valence-corrected chi connectivity index (χ2v) is 6.92. The van der Waals surface area contributed by atoms with E-state index in [1.807, 2.05) is 56.5 Å². The first-order chi connectivity index (χ1) is 12.6. The van der Waals surface area contributed by atoms with Gasteiger partial charge in [0.2, 0.25) is 11.7 Å².